The van der Waals surface area contributed by atoms with Crippen molar-refractivity contribution in [2.45, 2.75) is 45.6 Å². The number of nitrogens with zero attached hydrogens (tertiary/aromatic N) is 2. The quantitative estimate of drug-likeness (QED) is 0.810. The molecular weight excluding hydrogens is 240 g/mol. The highest BCUT2D eigenvalue weighted by Gasteiger charge is 2.12. The van der Waals surface area contributed by atoms with Crippen molar-refractivity contribution >= 4 is 17.0 Å². The van der Waals surface area contributed by atoms with Crippen molar-refractivity contribution in [1.82, 2.24) is 9.55 Å². The Bertz CT molecular complexity index is 573. The van der Waals surface area contributed by atoms with Crippen LogP contribution < -0.4 is 0 Å². The fraction of sp³-hybridized carbons (Fsp3) is 0.467. The van der Waals surface area contributed by atoms with Crippen LogP contribution in [0, 0.1) is 0 Å². The lowest BCUT2D eigenvalue weighted by molar-refractivity contribution is -0.137. The van der Waals surface area contributed by atoms with Gasteiger partial charge < -0.3 is 9.67 Å². The average Bonchev–Trinajstić information content (AvgIpc) is 2.72. The second-order valence-corrected chi connectivity index (χ2v) is 5.08. The third-order valence-electron chi connectivity index (χ3n) is 3.23. The van der Waals surface area contributed by atoms with Crippen molar-refractivity contribution in [3.05, 3.63) is 30.1 Å². The molecule has 4 nitrogen and oxygen atoms in total. The predicted molar refractivity (Wildman–Crippen MR) is 75.3 cm³/mol. The van der Waals surface area contributed by atoms with Gasteiger partial charge in [0.2, 0.25) is 0 Å². The number of carboxylic acids is 1. The van der Waals surface area contributed by atoms with Gasteiger partial charge in [-0.15, -0.1) is 0 Å². The molecule has 0 aliphatic carbocycles. The smallest absolute Gasteiger partial charge is 0.303 e. The van der Waals surface area contributed by atoms with Gasteiger partial charge in [0.25, 0.3) is 0 Å². The van der Waals surface area contributed by atoms with Crippen LogP contribution in [0.15, 0.2) is 24.3 Å². The molecule has 102 valence electrons. The van der Waals surface area contributed by atoms with E-state index in [2.05, 4.69) is 29.5 Å². The molecule has 0 bridgehead atoms. The number of rotatable bonds is 6. The highest BCUT2D eigenvalue weighted by Crippen LogP contribution is 2.22. The number of carbonyl (C=O) groups is 1. The molecule has 0 fully saturated rings. The first kappa shape index (κ1) is 13.6. The van der Waals surface area contributed by atoms with Crippen molar-refractivity contribution in [1.29, 1.82) is 0 Å². The Morgan fingerprint density at radius 1 is 1.32 bits per heavy atom. The van der Waals surface area contributed by atoms with Gasteiger partial charge in [0.1, 0.15) is 5.82 Å². The van der Waals surface area contributed by atoms with Crippen LogP contribution in [0.2, 0.25) is 0 Å². The number of fused-ring (bicyclic) bond motifs is 1. The maximum Gasteiger partial charge on any atom is 0.303 e. The average molecular weight is 260 g/mol. The molecule has 1 N–H and O–H groups in total. The van der Waals surface area contributed by atoms with Gasteiger partial charge in [-0.1, -0.05) is 12.1 Å². The first-order valence-electron chi connectivity index (χ1n) is 6.77. The Kier molecular flexibility index (Phi) is 4.20. The highest BCUT2D eigenvalue weighted by molar-refractivity contribution is 5.76. The number of benzene rings is 1. The normalized spacial score (nSPS) is 11.3. The van der Waals surface area contributed by atoms with Gasteiger partial charge in [-0.05, 0) is 38.8 Å². The first-order chi connectivity index (χ1) is 9.09. The van der Waals surface area contributed by atoms with E-state index in [4.69, 9.17) is 5.11 Å². The van der Waals surface area contributed by atoms with E-state index in [1.54, 1.807) is 0 Å². The monoisotopic (exact) mass is 260 g/mol. The van der Waals surface area contributed by atoms with Gasteiger partial charge in [-0.3, -0.25) is 4.79 Å². The molecule has 0 saturated carbocycles. The van der Waals surface area contributed by atoms with E-state index in [1.165, 1.54) is 0 Å². The van der Waals surface area contributed by atoms with Gasteiger partial charge in [0.15, 0.2) is 0 Å². The molecule has 0 amide bonds. The zero-order chi connectivity index (χ0) is 13.8. The number of hydrogen-bond donors (Lipinski definition) is 1. The van der Waals surface area contributed by atoms with E-state index in [0.29, 0.717) is 12.5 Å². The number of aliphatic carboxylic acids is 1. The van der Waals surface area contributed by atoms with Gasteiger partial charge in [-0.25, -0.2) is 4.98 Å². The van der Waals surface area contributed by atoms with E-state index in [1.807, 2.05) is 18.2 Å². The summed E-state index contributed by atoms with van der Waals surface area (Å²) in [5.41, 5.74) is 2.18. The van der Waals surface area contributed by atoms with Crippen LogP contribution >= 0.6 is 0 Å². The third-order valence-corrected chi connectivity index (χ3v) is 3.23. The number of hydrogen-bond acceptors (Lipinski definition) is 2. The standard InChI is InChI=1S/C15H20N2O2/c1-11(2)17-13-8-4-3-7-12(13)16-14(17)9-5-6-10-15(18)19/h3-4,7-8,11H,5-6,9-10H2,1-2H3,(H,18,19). The van der Waals surface area contributed by atoms with Crippen LogP contribution in [-0.2, 0) is 11.2 Å². The number of imidazole rings is 1. The van der Waals surface area contributed by atoms with Crippen molar-refractivity contribution in [2.24, 2.45) is 0 Å². The summed E-state index contributed by atoms with van der Waals surface area (Å²) < 4.78 is 2.25. The lowest BCUT2D eigenvalue weighted by Crippen LogP contribution is -2.06. The Hall–Kier alpha value is -1.84. The van der Waals surface area contributed by atoms with E-state index in [-0.39, 0.29) is 6.42 Å². The highest BCUT2D eigenvalue weighted by atomic mass is 16.4. The van der Waals surface area contributed by atoms with Gasteiger partial charge in [0, 0.05) is 18.9 Å². The summed E-state index contributed by atoms with van der Waals surface area (Å²) in [5.74, 6) is 0.332. The molecule has 1 heterocycles. The molecule has 1 aromatic carbocycles. The van der Waals surface area contributed by atoms with Crippen LogP contribution in [-0.4, -0.2) is 20.6 Å². The summed E-state index contributed by atoms with van der Waals surface area (Å²) in [5, 5.41) is 8.65. The van der Waals surface area contributed by atoms with Crippen LogP contribution in [0.4, 0.5) is 0 Å². The second kappa shape index (κ2) is 5.87. The summed E-state index contributed by atoms with van der Waals surface area (Å²) in [6.07, 6.45) is 2.64. The number of aryl methyl sites for hydroxylation is 1. The molecule has 2 aromatic rings. The first-order valence-corrected chi connectivity index (χ1v) is 6.77. The predicted octanol–water partition coefficient (Wildman–Crippen LogP) is 3.41. The van der Waals surface area contributed by atoms with Crippen LogP contribution in [0.5, 0.6) is 0 Å². The molecule has 0 spiro atoms. The number of carboxylic acid groups (broad SMARTS) is 1. The summed E-state index contributed by atoms with van der Waals surface area (Å²) in [4.78, 5) is 15.2. The van der Waals surface area contributed by atoms with Crippen molar-refractivity contribution in [3.63, 3.8) is 0 Å². The van der Waals surface area contributed by atoms with Gasteiger partial charge in [0.05, 0.1) is 11.0 Å². The Morgan fingerprint density at radius 2 is 2.05 bits per heavy atom. The minimum Gasteiger partial charge on any atom is -0.481 e. The number of para-hydroxylation sites is 2. The van der Waals surface area contributed by atoms with E-state index in [9.17, 15) is 4.79 Å². The van der Waals surface area contributed by atoms with E-state index >= 15 is 0 Å². The third kappa shape index (κ3) is 3.13. The topological polar surface area (TPSA) is 55.1 Å². The largest absolute Gasteiger partial charge is 0.481 e. The molecule has 4 heteroatoms. The summed E-state index contributed by atoms with van der Waals surface area (Å²) >= 11 is 0. The second-order valence-electron chi connectivity index (χ2n) is 5.08. The number of unbranched alkanes of at least 4 members (excludes halogenated alkanes) is 1. The van der Waals surface area contributed by atoms with Crippen molar-refractivity contribution in [3.8, 4) is 0 Å². The summed E-state index contributed by atoms with van der Waals surface area (Å²) in [7, 11) is 0. The van der Waals surface area contributed by atoms with Crippen LogP contribution in [0.1, 0.15) is 45.0 Å². The molecule has 0 radical (unpaired) electrons. The maximum absolute atomic E-state index is 10.5. The molecule has 19 heavy (non-hydrogen) atoms. The minimum absolute atomic E-state index is 0.238. The molecule has 1 aromatic heterocycles. The fourth-order valence-electron chi connectivity index (χ4n) is 2.41. The zero-order valence-electron chi connectivity index (χ0n) is 11.5. The van der Waals surface area contributed by atoms with Gasteiger partial charge >= 0.3 is 5.97 Å². The SMILES string of the molecule is CC(C)n1c(CCCCC(=O)O)nc2ccccc21. The molecule has 0 saturated heterocycles. The van der Waals surface area contributed by atoms with E-state index in [0.717, 1.165) is 29.7 Å². The lowest BCUT2D eigenvalue weighted by Gasteiger charge is -2.12. The Morgan fingerprint density at radius 3 is 2.74 bits per heavy atom. The summed E-state index contributed by atoms with van der Waals surface area (Å²) in [6.45, 7) is 4.30. The molecule has 0 aliphatic rings. The lowest BCUT2D eigenvalue weighted by atomic mass is 10.2. The van der Waals surface area contributed by atoms with Crippen molar-refractivity contribution in [2.75, 3.05) is 0 Å². The molecule has 0 atom stereocenters. The molecule has 0 aliphatic heterocycles. The molecule has 0 unspecified atom stereocenters. The zero-order valence-corrected chi connectivity index (χ0v) is 11.5. The molecule has 2 rings (SSSR count). The summed E-state index contributed by atoms with van der Waals surface area (Å²) in [6, 6.07) is 8.49. The van der Waals surface area contributed by atoms with Crippen LogP contribution in [0.25, 0.3) is 11.0 Å². The fourth-order valence-corrected chi connectivity index (χ4v) is 2.41. The molecular formula is C15H20N2O2. The van der Waals surface area contributed by atoms with Crippen LogP contribution in [0.3, 0.4) is 0 Å². The Labute approximate surface area is 113 Å². The number of aromatic nitrogens is 2. The van der Waals surface area contributed by atoms with Gasteiger partial charge in [-0.2, -0.15) is 0 Å². The van der Waals surface area contributed by atoms with Crippen molar-refractivity contribution < 1.29 is 9.90 Å². The van der Waals surface area contributed by atoms with E-state index < -0.39 is 5.97 Å². The Balaban J connectivity index is 2.17. The maximum atomic E-state index is 10.5. The minimum atomic E-state index is -0.725.